The number of hydrogen-bond donors (Lipinski definition) is 1. The van der Waals surface area contributed by atoms with Crippen molar-refractivity contribution in [1.82, 2.24) is 4.90 Å². The van der Waals surface area contributed by atoms with E-state index in [1.807, 2.05) is 11.8 Å². The Morgan fingerprint density at radius 3 is 2.56 bits per heavy atom. The highest BCUT2D eigenvalue weighted by Gasteiger charge is 2.39. The lowest BCUT2D eigenvalue weighted by molar-refractivity contribution is -0.143. The molecule has 5 nitrogen and oxygen atoms in total. The highest BCUT2D eigenvalue weighted by atomic mass is 16.5. The van der Waals surface area contributed by atoms with Crippen molar-refractivity contribution in [3.05, 3.63) is 0 Å². The van der Waals surface area contributed by atoms with E-state index >= 15 is 0 Å². The predicted molar refractivity (Wildman–Crippen MR) is 68.2 cm³/mol. The molecule has 0 aromatic carbocycles. The second-order valence-electron chi connectivity index (χ2n) is 5.22. The average molecular weight is 256 g/mol. The average Bonchev–Trinajstić information content (AvgIpc) is 2.40. The summed E-state index contributed by atoms with van der Waals surface area (Å²) in [5.41, 5.74) is 5.53. The third kappa shape index (κ3) is 3.02. The van der Waals surface area contributed by atoms with E-state index in [0.29, 0.717) is 32.2 Å². The number of likely N-dealkylation sites (tertiary alicyclic amines) is 1. The van der Waals surface area contributed by atoms with Crippen molar-refractivity contribution < 1.29 is 14.3 Å². The Morgan fingerprint density at radius 2 is 2.00 bits per heavy atom. The predicted octanol–water partition coefficient (Wildman–Crippen LogP) is 0.522. The molecular weight excluding hydrogens is 232 g/mol. The summed E-state index contributed by atoms with van der Waals surface area (Å²) in [5.74, 6) is 0.0979. The fourth-order valence-electron chi connectivity index (χ4n) is 2.73. The smallest absolute Gasteiger partial charge is 0.242 e. The SMILES string of the molecule is CCOC1CCN(C(=O)C2(N)CCOCC2)CC1. The number of carbonyl (C=O) groups is 1. The number of piperidine rings is 1. The highest BCUT2D eigenvalue weighted by Crippen LogP contribution is 2.23. The van der Waals surface area contributed by atoms with Crippen LogP contribution in [0.3, 0.4) is 0 Å². The molecule has 0 atom stereocenters. The first-order valence-electron chi connectivity index (χ1n) is 6.93. The van der Waals surface area contributed by atoms with E-state index in [1.54, 1.807) is 0 Å². The first kappa shape index (κ1) is 13.8. The summed E-state index contributed by atoms with van der Waals surface area (Å²) in [6, 6.07) is 0. The Balaban J connectivity index is 1.86. The normalized spacial score (nSPS) is 25.1. The lowest BCUT2D eigenvalue weighted by Gasteiger charge is -2.39. The zero-order chi connectivity index (χ0) is 13.0. The van der Waals surface area contributed by atoms with Gasteiger partial charge in [-0.05, 0) is 32.6 Å². The minimum absolute atomic E-state index is 0.0979. The summed E-state index contributed by atoms with van der Waals surface area (Å²) in [4.78, 5) is 14.3. The monoisotopic (exact) mass is 256 g/mol. The van der Waals surface area contributed by atoms with E-state index < -0.39 is 5.54 Å². The minimum Gasteiger partial charge on any atom is -0.381 e. The van der Waals surface area contributed by atoms with Gasteiger partial charge >= 0.3 is 0 Å². The van der Waals surface area contributed by atoms with Crippen LogP contribution in [-0.4, -0.2) is 55.4 Å². The Hall–Kier alpha value is -0.650. The maximum Gasteiger partial charge on any atom is 0.242 e. The number of nitrogens with two attached hydrogens (primary N) is 1. The molecule has 2 saturated heterocycles. The maximum absolute atomic E-state index is 12.4. The first-order valence-corrected chi connectivity index (χ1v) is 6.93. The third-order valence-corrected chi connectivity index (χ3v) is 3.94. The van der Waals surface area contributed by atoms with Gasteiger partial charge in [-0.25, -0.2) is 0 Å². The van der Waals surface area contributed by atoms with Gasteiger partial charge < -0.3 is 20.1 Å². The van der Waals surface area contributed by atoms with Crippen molar-refractivity contribution in [2.45, 2.75) is 44.2 Å². The molecule has 0 aliphatic carbocycles. The number of nitrogens with zero attached hydrogens (tertiary/aromatic N) is 1. The van der Waals surface area contributed by atoms with Crippen LogP contribution in [0.2, 0.25) is 0 Å². The van der Waals surface area contributed by atoms with Crippen molar-refractivity contribution in [3.8, 4) is 0 Å². The molecular formula is C13H24N2O3. The minimum atomic E-state index is -0.698. The van der Waals surface area contributed by atoms with Crippen molar-refractivity contribution >= 4 is 5.91 Å². The zero-order valence-electron chi connectivity index (χ0n) is 11.2. The molecule has 0 aromatic rings. The van der Waals surface area contributed by atoms with E-state index in [-0.39, 0.29) is 5.91 Å². The van der Waals surface area contributed by atoms with Gasteiger partial charge in [0.1, 0.15) is 0 Å². The summed E-state index contributed by atoms with van der Waals surface area (Å²) in [7, 11) is 0. The topological polar surface area (TPSA) is 64.8 Å². The molecule has 0 unspecified atom stereocenters. The highest BCUT2D eigenvalue weighted by molar-refractivity contribution is 5.86. The van der Waals surface area contributed by atoms with Crippen molar-refractivity contribution in [1.29, 1.82) is 0 Å². The first-order chi connectivity index (χ1) is 8.65. The lowest BCUT2D eigenvalue weighted by Crippen LogP contribution is -2.59. The summed E-state index contributed by atoms with van der Waals surface area (Å²) >= 11 is 0. The largest absolute Gasteiger partial charge is 0.381 e. The number of carbonyl (C=O) groups excluding carboxylic acids is 1. The van der Waals surface area contributed by atoms with Crippen molar-refractivity contribution in [2.75, 3.05) is 32.9 Å². The molecule has 18 heavy (non-hydrogen) atoms. The number of rotatable bonds is 3. The summed E-state index contributed by atoms with van der Waals surface area (Å²) in [6.45, 7) is 5.48. The fourth-order valence-corrected chi connectivity index (χ4v) is 2.73. The van der Waals surface area contributed by atoms with Crippen LogP contribution in [-0.2, 0) is 14.3 Å². The van der Waals surface area contributed by atoms with Gasteiger partial charge in [-0.15, -0.1) is 0 Å². The van der Waals surface area contributed by atoms with Crippen LogP contribution in [0.5, 0.6) is 0 Å². The van der Waals surface area contributed by atoms with Crippen LogP contribution in [0, 0.1) is 0 Å². The van der Waals surface area contributed by atoms with Gasteiger partial charge in [0.15, 0.2) is 0 Å². The van der Waals surface area contributed by atoms with Gasteiger partial charge in [0.25, 0.3) is 0 Å². The van der Waals surface area contributed by atoms with Crippen LogP contribution in [0.1, 0.15) is 32.6 Å². The summed E-state index contributed by atoms with van der Waals surface area (Å²) in [5, 5.41) is 0. The van der Waals surface area contributed by atoms with Crippen LogP contribution in [0.15, 0.2) is 0 Å². The molecule has 2 N–H and O–H groups in total. The van der Waals surface area contributed by atoms with E-state index in [0.717, 1.165) is 32.5 Å². The lowest BCUT2D eigenvalue weighted by atomic mass is 9.89. The van der Waals surface area contributed by atoms with Crippen LogP contribution in [0.25, 0.3) is 0 Å². The van der Waals surface area contributed by atoms with Gasteiger partial charge in [0.2, 0.25) is 5.91 Å². The summed E-state index contributed by atoms with van der Waals surface area (Å²) < 4.78 is 10.9. The Labute approximate surface area is 109 Å². The van der Waals surface area contributed by atoms with E-state index in [1.165, 1.54) is 0 Å². The second kappa shape index (κ2) is 5.99. The molecule has 2 fully saturated rings. The number of amides is 1. The van der Waals surface area contributed by atoms with Gasteiger partial charge in [-0.2, -0.15) is 0 Å². The second-order valence-corrected chi connectivity index (χ2v) is 5.22. The van der Waals surface area contributed by atoms with Gasteiger partial charge in [0, 0.05) is 32.9 Å². The molecule has 2 heterocycles. The quantitative estimate of drug-likeness (QED) is 0.799. The number of ether oxygens (including phenoxy) is 2. The summed E-state index contributed by atoms with van der Waals surface area (Å²) in [6.07, 6.45) is 3.43. The van der Waals surface area contributed by atoms with E-state index in [2.05, 4.69) is 0 Å². The van der Waals surface area contributed by atoms with Crippen LogP contribution >= 0.6 is 0 Å². The van der Waals surface area contributed by atoms with Crippen molar-refractivity contribution in [3.63, 3.8) is 0 Å². The van der Waals surface area contributed by atoms with E-state index in [9.17, 15) is 4.79 Å². The standard InChI is InChI=1S/C13H24N2O3/c1-2-18-11-3-7-15(8-4-11)12(16)13(14)5-9-17-10-6-13/h11H,2-10,14H2,1H3. The molecule has 5 heteroatoms. The van der Waals surface area contributed by atoms with E-state index in [4.69, 9.17) is 15.2 Å². The molecule has 0 radical (unpaired) electrons. The fraction of sp³-hybridized carbons (Fsp3) is 0.923. The molecule has 2 rings (SSSR count). The van der Waals surface area contributed by atoms with Crippen LogP contribution in [0.4, 0.5) is 0 Å². The zero-order valence-corrected chi connectivity index (χ0v) is 11.2. The van der Waals surface area contributed by atoms with Gasteiger partial charge in [-0.3, -0.25) is 4.79 Å². The van der Waals surface area contributed by atoms with Crippen molar-refractivity contribution in [2.24, 2.45) is 5.73 Å². The number of hydrogen-bond acceptors (Lipinski definition) is 4. The molecule has 0 saturated carbocycles. The Bertz CT molecular complexity index is 282. The Kier molecular flexibility index (Phi) is 4.59. The van der Waals surface area contributed by atoms with Gasteiger partial charge in [0.05, 0.1) is 11.6 Å². The molecule has 0 aromatic heterocycles. The molecule has 2 aliphatic heterocycles. The molecule has 1 amide bonds. The van der Waals surface area contributed by atoms with Crippen LogP contribution < -0.4 is 5.73 Å². The molecule has 0 bridgehead atoms. The third-order valence-electron chi connectivity index (χ3n) is 3.94. The maximum atomic E-state index is 12.4. The Morgan fingerprint density at radius 1 is 1.39 bits per heavy atom. The molecule has 0 spiro atoms. The van der Waals surface area contributed by atoms with Gasteiger partial charge in [-0.1, -0.05) is 0 Å². The molecule has 2 aliphatic rings. The molecule has 104 valence electrons.